The van der Waals surface area contributed by atoms with Gasteiger partial charge in [0.05, 0.1) is 24.8 Å². The Balaban J connectivity index is 1.49. The quantitative estimate of drug-likeness (QED) is 0.534. The molecule has 1 saturated carbocycles. The minimum atomic E-state index is -0.337. The minimum Gasteiger partial charge on any atom is -0.348 e. The van der Waals surface area contributed by atoms with Gasteiger partial charge in [0.2, 0.25) is 0 Å². The average molecular weight is 404 g/mol. The number of aryl methyl sites for hydroxylation is 1. The minimum absolute atomic E-state index is 0.289. The summed E-state index contributed by atoms with van der Waals surface area (Å²) in [4.78, 5) is 0. The Bertz CT molecular complexity index is 853. The maximum absolute atomic E-state index is 8.99. The number of rotatable bonds is 6. The van der Waals surface area contributed by atoms with Gasteiger partial charge in [-0.1, -0.05) is 62.9 Å². The molecule has 2 fully saturated rings. The molecule has 3 heteroatoms. The van der Waals surface area contributed by atoms with Gasteiger partial charge < -0.3 is 9.47 Å². The van der Waals surface area contributed by atoms with Gasteiger partial charge >= 0.3 is 0 Å². The highest BCUT2D eigenvalue weighted by Crippen LogP contribution is 2.39. The van der Waals surface area contributed by atoms with Crippen molar-refractivity contribution in [1.29, 1.82) is 5.26 Å². The highest BCUT2D eigenvalue weighted by molar-refractivity contribution is 5.38. The van der Waals surface area contributed by atoms with E-state index in [2.05, 4.69) is 31.2 Å². The molecule has 4 rings (SSSR count). The zero-order valence-corrected chi connectivity index (χ0v) is 18.1. The molecule has 3 nitrogen and oxygen atoms in total. The van der Waals surface area contributed by atoms with Crippen LogP contribution >= 0.6 is 0 Å². The summed E-state index contributed by atoms with van der Waals surface area (Å²) in [5, 5.41) is 8.99. The van der Waals surface area contributed by atoms with E-state index in [1.54, 1.807) is 5.56 Å². The van der Waals surface area contributed by atoms with E-state index >= 15 is 0 Å². The first-order valence-corrected chi connectivity index (χ1v) is 11.6. The van der Waals surface area contributed by atoms with Crippen molar-refractivity contribution in [3.05, 3.63) is 70.3 Å². The number of benzene rings is 2. The molecule has 158 valence electrons. The van der Waals surface area contributed by atoms with Crippen LogP contribution in [0.25, 0.3) is 0 Å². The second-order valence-corrected chi connectivity index (χ2v) is 8.83. The highest BCUT2D eigenvalue weighted by atomic mass is 16.7. The molecule has 30 heavy (non-hydrogen) atoms. The maximum atomic E-state index is 8.99. The van der Waals surface area contributed by atoms with Crippen molar-refractivity contribution < 1.29 is 9.47 Å². The number of hydrogen-bond donors (Lipinski definition) is 0. The van der Waals surface area contributed by atoms with Crippen LogP contribution in [-0.2, 0) is 15.9 Å². The van der Waals surface area contributed by atoms with E-state index in [1.165, 1.54) is 62.5 Å². The summed E-state index contributed by atoms with van der Waals surface area (Å²) in [6.07, 6.45) is 10.0. The third-order valence-corrected chi connectivity index (χ3v) is 6.66. The molecule has 1 heterocycles. The smallest absolute Gasteiger partial charge is 0.183 e. The van der Waals surface area contributed by atoms with E-state index in [0.717, 1.165) is 5.56 Å². The van der Waals surface area contributed by atoms with Crippen molar-refractivity contribution in [3.63, 3.8) is 0 Å². The summed E-state index contributed by atoms with van der Waals surface area (Å²) in [7, 11) is 0. The summed E-state index contributed by atoms with van der Waals surface area (Å²) >= 11 is 0. The van der Waals surface area contributed by atoms with Gasteiger partial charge in [-0.25, -0.2) is 0 Å². The van der Waals surface area contributed by atoms with Crippen molar-refractivity contribution in [1.82, 2.24) is 0 Å². The van der Waals surface area contributed by atoms with Gasteiger partial charge in [0.1, 0.15) is 0 Å². The normalized spacial score (nSPS) is 22.5. The number of hydrogen-bond acceptors (Lipinski definition) is 3. The Morgan fingerprint density at radius 3 is 2.30 bits per heavy atom. The van der Waals surface area contributed by atoms with Gasteiger partial charge in [-0.05, 0) is 60.4 Å². The first-order chi connectivity index (χ1) is 14.8. The third-order valence-electron chi connectivity index (χ3n) is 6.66. The summed E-state index contributed by atoms with van der Waals surface area (Å²) < 4.78 is 12.3. The van der Waals surface area contributed by atoms with E-state index < -0.39 is 0 Å². The van der Waals surface area contributed by atoms with Crippen molar-refractivity contribution in [3.8, 4) is 6.07 Å². The summed E-state index contributed by atoms with van der Waals surface area (Å²) in [6, 6.07) is 16.8. The van der Waals surface area contributed by atoms with Crippen LogP contribution in [0.5, 0.6) is 0 Å². The molecule has 0 spiro atoms. The second kappa shape index (κ2) is 10.2. The molecular weight excluding hydrogens is 370 g/mol. The SMILES string of the molecule is CCCCc1ccc(C2COC(c3ccc(C#N)cc3)OC2)c(C2CCCCC2)c1. The van der Waals surface area contributed by atoms with Crippen LogP contribution in [0.2, 0.25) is 0 Å². The van der Waals surface area contributed by atoms with Crippen LogP contribution < -0.4 is 0 Å². The van der Waals surface area contributed by atoms with Crippen LogP contribution in [0.3, 0.4) is 0 Å². The van der Waals surface area contributed by atoms with E-state index in [1.807, 2.05) is 24.3 Å². The zero-order valence-electron chi connectivity index (χ0n) is 18.1. The lowest BCUT2D eigenvalue weighted by Crippen LogP contribution is -2.27. The average Bonchev–Trinajstić information content (AvgIpc) is 2.83. The van der Waals surface area contributed by atoms with Crippen LogP contribution in [0.4, 0.5) is 0 Å². The molecule has 0 unspecified atom stereocenters. The fourth-order valence-corrected chi connectivity index (χ4v) is 4.89. The molecule has 2 aromatic rings. The largest absolute Gasteiger partial charge is 0.348 e. The molecule has 0 aromatic heterocycles. The predicted octanol–water partition coefficient (Wildman–Crippen LogP) is 6.78. The monoisotopic (exact) mass is 403 g/mol. The molecule has 0 N–H and O–H groups in total. The summed E-state index contributed by atoms with van der Waals surface area (Å²) in [5.41, 5.74) is 6.11. The lowest BCUT2D eigenvalue weighted by atomic mass is 9.78. The Morgan fingerprint density at radius 1 is 0.900 bits per heavy atom. The number of ether oxygens (including phenoxy) is 2. The van der Waals surface area contributed by atoms with Gasteiger partial charge in [-0.2, -0.15) is 5.26 Å². The molecular formula is C27H33NO2. The molecule has 0 bridgehead atoms. The summed E-state index contributed by atoms with van der Waals surface area (Å²) in [6.45, 7) is 3.62. The van der Waals surface area contributed by atoms with E-state index in [0.29, 0.717) is 24.7 Å². The standard InChI is InChI=1S/C27H33NO2/c1-2-3-7-20-12-15-25(26(16-20)22-8-5-4-6-9-22)24-18-29-27(30-19-24)23-13-10-21(17-28)11-14-23/h10-16,22,24,27H,2-9,18-19H2,1H3. The lowest BCUT2D eigenvalue weighted by Gasteiger charge is -2.33. The number of unbranched alkanes of at least 4 members (excludes halogenated alkanes) is 1. The van der Waals surface area contributed by atoms with E-state index in [9.17, 15) is 0 Å². The van der Waals surface area contributed by atoms with Crippen LogP contribution in [0.1, 0.15) is 97.8 Å². The molecule has 0 atom stereocenters. The van der Waals surface area contributed by atoms with Gasteiger partial charge in [-0.15, -0.1) is 0 Å². The van der Waals surface area contributed by atoms with E-state index in [-0.39, 0.29) is 12.2 Å². The number of nitrogens with zero attached hydrogens (tertiary/aromatic N) is 1. The van der Waals surface area contributed by atoms with E-state index in [4.69, 9.17) is 14.7 Å². The Morgan fingerprint density at radius 2 is 1.63 bits per heavy atom. The molecule has 1 aliphatic heterocycles. The second-order valence-electron chi connectivity index (χ2n) is 8.83. The predicted molar refractivity (Wildman–Crippen MR) is 119 cm³/mol. The molecule has 0 amide bonds. The Hall–Kier alpha value is -2.15. The fraction of sp³-hybridized carbons (Fsp3) is 0.519. The Labute approximate surface area is 181 Å². The van der Waals surface area contributed by atoms with Crippen molar-refractivity contribution in [2.75, 3.05) is 13.2 Å². The van der Waals surface area contributed by atoms with Crippen LogP contribution in [0.15, 0.2) is 42.5 Å². The molecule has 1 saturated heterocycles. The first kappa shape index (κ1) is 21.1. The third kappa shape index (κ3) is 4.94. The molecule has 0 radical (unpaired) electrons. The summed E-state index contributed by atoms with van der Waals surface area (Å²) in [5.74, 6) is 0.975. The van der Waals surface area contributed by atoms with Crippen LogP contribution in [-0.4, -0.2) is 13.2 Å². The zero-order chi connectivity index (χ0) is 20.8. The first-order valence-electron chi connectivity index (χ1n) is 11.6. The maximum Gasteiger partial charge on any atom is 0.183 e. The van der Waals surface area contributed by atoms with Crippen molar-refractivity contribution in [2.24, 2.45) is 0 Å². The van der Waals surface area contributed by atoms with Gasteiger partial charge in [-0.3, -0.25) is 0 Å². The van der Waals surface area contributed by atoms with Crippen molar-refractivity contribution in [2.45, 2.75) is 76.4 Å². The topological polar surface area (TPSA) is 42.2 Å². The Kier molecular flexibility index (Phi) is 7.20. The molecule has 1 aliphatic carbocycles. The molecule has 2 aromatic carbocycles. The van der Waals surface area contributed by atoms with Crippen LogP contribution in [0, 0.1) is 11.3 Å². The van der Waals surface area contributed by atoms with Crippen molar-refractivity contribution >= 4 is 0 Å². The fourth-order valence-electron chi connectivity index (χ4n) is 4.89. The van der Waals surface area contributed by atoms with Gasteiger partial charge in [0.25, 0.3) is 0 Å². The number of nitriles is 1. The van der Waals surface area contributed by atoms with Gasteiger partial charge in [0, 0.05) is 11.5 Å². The molecule has 2 aliphatic rings. The van der Waals surface area contributed by atoms with Gasteiger partial charge in [0.15, 0.2) is 6.29 Å². The lowest BCUT2D eigenvalue weighted by molar-refractivity contribution is -0.191. The highest BCUT2D eigenvalue weighted by Gasteiger charge is 2.28.